The molecule has 0 aliphatic rings. The number of benzene rings is 2. The van der Waals surface area contributed by atoms with Gasteiger partial charge in [-0.25, -0.2) is 4.79 Å². The molecule has 2 heterocycles. The summed E-state index contributed by atoms with van der Waals surface area (Å²) in [6.45, 7) is 3.99. The first-order valence-corrected chi connectivity index (χ1v) is 10.6. The van der Waals surface area contributed by atoms with E-state index in [4.69, 9.17) is 4.74 Å². The van der Waals surface area contributed by atoms with Gasteiger partial charge in [-0.1, -0.05) is 42.1 Å². The Morgan fingerprint density at radius 2 is 1.91 bits per heavy atom. The molecule has 32 heavy (non-hydrogen) atoms. The summed E-state index contributed by atoms with van der Waals surface area (Å²) < 4.78 is 7.99. The van der Waals surface area contributed by atoms with E-state index in [9.17, 15) is 14.4 Å². The molecule has 10 heteroatoms. The van der Waals surface area contributed by atoms with Gasteiger partial charge >= 0.3 is 5.97 Å². The van der Waals surface area contributed by atoms with Crippen molar-refractivity contribution in [2.75, 3.05) is 18.2 Å². The van der Waals surface area contributed by atoms with E-state index in [1.165, 1.54) is 23.4 Å². The molecule has 9 nitrogen and oxygen atoms in total. The van der Waals surface area contributed by atoms with Gasteiger partial charge in [-0.2, -0.15) is 0 Å². The Morgan fingerprint density at radius 1 is 1.16 bits per heavy atom. The number of hydrogen-bond acceptors (Lipinski definition) is 7. The Bertz CT molecular complexity index is 1410. The average Bonchev–Trinajstić information content (AvgIpc) is 3.24. The fourth-order valence-electron chi connectivity index (χ4n) is 3.32. The predicted molar refractivity (Wildman–Crippen MR) is 122 cm³/mol. The van der Waals surface area contributed by atoms with Gasteiger partial charge in [0, 0.05) is 6.54 Å². The second-order valence-corrected chi connectivity index (χ2v) is 7.66. The van der Waals surface area contributed by atoms with E-state index in [0.29, 0.717) is 27.5 Å². The van der Waals surface area contributed by atoms with Gasteiger partial charge in [-0.15, -0.1) is 16.8 Å². The van der Waals surface area contributed by atoms with Crippen molar-refractivity contribution in [1.29, 1.82) is 0 Å². The summed E-state index contributed by atoms with van der Waals surface area (Å²) in [6, 6.07) is 13.8. The van der Waals surface area contributed by atoms with Crippen LogP contribution in [-0.4, -0.2) is 43.9 Å². The number of thioether (sulfide) groups is 1. The van der Waals surface area contributed by atoms with Crippen LogP contribution < -0.4 is 10.9 Å². The zero-order chi connectivity index (χ0) is 22.7. The third-order valence-corrected chi connectivity index (χ3v) is 5.66. The standard InChI is InChI=1S/C22H19N5O4S/c1-3-12-26-19(29)15-9-5-7-11-17(15)27-21(26)24-25-22(27)32-13-18(28)23-16-10-6-4-8-14(16)20(30)31-2/h3-11H,1,12-13H2,2H3,(H,23,28). The van der Waals surface area contributed by atoms with Crippen LogP contribution >= 0.6 is 11.8 Å². The van der Waals surface area contributed by atoms with E-state index in [1.807, 2.05) is 12.1 Å². The summed E-state index contributed by atoms with van der Waals surface area (Å²) in [6.07, 6.45) is 1.61. The number of aromatic nitrogens is 4. The number of esters is 1. The summed E-state index contributed by atoms with van der Waals surface area (Å²) in [4.78, 5) is 37.3. The van der Waals surface area contributed by atoms with Crippen LogP contribution in [0.5, 0.6) is 0 Å². The number of carbonyl (C=O) groups excluding carboxylic acids is 2. The van der Waals surface area contributed by atoms with E-state index in [-0.39, 0.29) is 29.3 Å². The smallest absolute Gasteiger partial charge is 0.339 e. The summed E-state index contributed by atoms with van der Waals surface area (Å²) >= 11 is 1.17. The molecule has 4 rings (SSSR count). The molecule has 0 fully saturated rings. The molecule has 0 atom stereocenters. The normalized spacial score (nSPS) is 10.9. The van der Waals surface area contributed by atoms with Crippen molar-refractivity contribution in [3.63, 3.8) is 0 Å². The first kappa shape index (κ1) is 21.3. The molecule has 1 N–H and O–H groups in total. The summed E-state index contributed by atoms with van der Waals surface area (Å²) in [5.74, 6) is -0.478. The lowest BCUT2D eigenvalue weighted by molar-refractivity contribution is -0.113. The van der Waals surface area contributed by atoms with E-state index in [0.717, 1.165) is 0 Å². The molecule has 2 aromatic carbocycles. The quantitative estimate of drug-likeness (QED) is 0.263. The molecule has 0 aliphatic carbocycles. The predicted octanol–water partition coefficient (Wildman–Crippen LogP) is 2.75. The lowest BCUT2D eigenvalue weighted by Gasteiger charge is -2.10. The molecule has 0 saturated carbocycles. The Hall–Kier alpha value is -3.92. The lowest BCUT2D eigenvalue weighted by atomic mass is 10.2. The second-order valence-electron chi connectivity index (χ2n) is 6.71. The number of para-hydroxylation sites is 2. The topological polar surface area (TPSA) is 108 Å². The maximum atomic E-state index is 12.8. The van der Waals surface area contributed by atoms with Crippen molar-refractivity contribution in [3.8, 4) is 0 Å². The molecule has 0 saturated heterocycles. The van der Waals surface area contributed by atoms with Crippen LogP contribution in [0, 0.1) is 0 Å². The summed E-state index contributed by atoms with van der Waals surface area (Å²) in [5.41, 5.74) is 1.09. The molecule has 162 valence electrons. The lowest BCUT2D eigenvalue weighted by Crippen LogP contribution is -2.23. The molecule has 2 aromatic heterocycles. The highest BCUT2D eigenvalue weighted by molar-refractivity contribution is 7.99. The minimum atomic E-state index is -0.538. The minimum absolute atomic E-state index is 0.0191. The fourth-order valence-corrected chi connectivity index (χ4v) is 4.06. The third-order valence-electron chi connectivity index (χ3n) is 4.73. The van der Waals surface area contributed by atoms with Crippen LogP contribution in [0.2, 0.25) is 0 Å². The van der Waals surface area contributed by atoms with Crippen LogP contribution in [0.15, 0.2) is 71.1 Å². The molecular formula is C22H19N5O4S. The van der Waals surface area contributed by atoms with Crippen LogP contribution in [0.25, 0.3) is 16.7 Å². The van der Waals surface area contributed by atoms with Crippen molar-refractivity contribution < 1.29 is 14.3 Å². The van der Waals surface area contributed by atoms with Crippen LogP contribution in [-0.2, 0) is 16.1 Å². The first-order valence-electron chi connectivity index (χ1n) is 9.62. The van der Waals surface area contributed by atoms with Crippen molar-refractivity contribution in [3.05, 3.63) is 77.1 Å². The van der Waals surface area contributed by atoms with Gasteiger partial charge in [0.25, 0.3) is 5.56 Å². The van der Waals surface area contributed by atoms with E-state index < -0.39 is 5.97 Å². The number of ether oxygens (including phenoxy) is 1. The number of hydrogen-bond donors (Lipinski definition) is 1. The van der Waals surface area contributed by atoms with Crippen molar-refractivity contribution in [2.45, 2.75) is 11.7 Å². The molecule has 0 unspecified atom stereocenters. The fraction of sp³-hybridized carbons (Fsp3) is 0.136. The summed E-state index contributed by atoms with van der Waals surface area (Å²) in [5, 5.41) is 12.1. The number of carbonyl (C=O) groups is 2. The first-order chi connectivity index (χ1) is 15.5. The molecule has 0 radical (unpaired) electrons. The molecule has 4 aromatic rings. The maximum absolute atomic E-state index is 12.8. The number of methoxy groups -OCH3 is 1. The van der Waals surface area contributed by atoms with E-state index in [2.05, 4.69) is 22.1 Å². The van der Waals surface area contributed by atoms with E-state index in [1.54, 1.807) is 46.9 Å². The monoisotopic (exact) mass is 449 g/mol. The molecular weight excluding hydrogens is 430 g/mol. The zero-order valence-electron chi connectivity index (χ0n) is 17.1. The second kappa shape index (κ2) is 9.06. The van der Waals surface area contributed by atoms with Gasteiger partial charge in [-0.05, 0) is 24.3 Å². The van der Waals surface area contributed by atoms with Crippen molar-refractivity contribution in [1.82, 2.24) is 19.2 Å². The van der Waals surface area contributed by atoms with Crippen LogP contribution in [0.4, 0.5) is 5.69 Å². The van der Waals surface area contributed by atoms with Gasteiger partial charge in [0.1, 0.15) is 0 Å². The van der Waals surface area contributed by atoms with Gasteiger partial charge in [-0.3, -0.25) is 18.6 Å². The Balaban J connectivity index is 1.64. The molecule has 0 bridgehead atoms. The van der Waals surface area contributed by atoms with Gasteiger partial charge < -0.3 is 10.1 Å². The number of anilines is 1. The van der Waals surface area contributed by atoms with Gasteiger partial charge in [0.05, 0.1) is 35.0 Å². The Morgan fingerprint density at radius 3 is 2.69 bits per heavy atom. The van der Waals surface area contributed by atoms with Crippen LogP contribution in [0.1, 0.15) is 10.4 Å². The highest BCUT2D eigenvalue weighted by atomic mass is 32.2. The van der Waals surface area contributed by atoms with E-state index >= 15 is 0 Å². The molecule has 0 aliphatic heterocycles. The average molecular weight is 449 g/mol. The largest absolute Gasteiger partial charge is 0.465 e. The number of nitrogens with one attached hydrogen (secondary N) is 1. The number of amides is 1. The Kier molecular flexibility index (Phi) is 6.04. The van der Waals surface area contributed by atoms with Gasteiger partial charge in [0.15, 0.2) is 5.16 Å². The number of rotatable bonds is 7. The highest BCUT2D eigenvalue weighted by Crippen LogP contribution is 2.22. The number of allylic oxidation sites excluding steroid dienone is 1. The van der Waals surface area contributed by atoms with Crippen LogP contribution in [0.3, 0.4) is 0 Å². The zero-order valence-corrected chi connectivity index (χ0v) is 18.0. The van der Waals surface area contributed by atoms with Crippen molar-refractivity contribution in [2.24, 2.45) is 0 Å². The molecule has 1 amide bonds. The number of fused-ring (bicyclic) bond motifs is 3. The minimum Gasteiger partial charge on any atom is -0.465 e. The number of nitrogens with zero attached hydrogens (tertiary/aromatic N) is 4. The summed E-state index contributed by atoms with van der Waals surface area (Å²) in [7, 11) is 1.28. The van der Waals surface area contributed by atoms with Crippen molar-refractivity contribution >= 4 is 46.0 Å². The highest BCUT2D eigenvalue weighted by Gasteiger charge is 2.18. The maximum Gasteiger partial charge on any atom is 0.339 e. The third kappa shape index (κ3) is 3.87. The SMILES string of the molecule is C=CCn1c(=O)c2ccccc2n2c(SCC(=O)Nc3ccccc3C(=O)OC)nnc12. The molecule has 0 spiro atoms. The van der Waals surface area contributed by atoms with Gasteiger partial charge in [0.2, 0.25) is 11.7 Å². The Labute approximate surface area is 186 Å².